The van der Waals surface area contributed by atoms with Crippen LogP contribution in [0.15, 0.2) is 23.5 Å². The zero-order chi connectivity index (χ0) is 11.8. The lowest BCUT2D eigenvalue weighted by Crippen LogP contribution is -2.30. The highest BCUT2D eigenvalue weighted by molar-refractivity contribution is 7.91. The minimum Gasteiger partial charge on any atom is -0.384 e. The molecule has 0 amide bonds. The quantitative estimate of drug-likeness (QED) is 0.642. The summed E-state index contributed by atoms with van der Waals surface area (Å²) in [6.45, 7) is 1.87. The minimum atomic E-state index is -2.85. The maximum atomic E-state index is 11.3. The molecule has 2 aliphatic rings. The summed E-state index contributed by atoms with van der Waals surface area (Å²) in [5.74, 6) is 0.812. The summed E-state index contributed by atoms with van der Waals surface area (Å²) in [6, 6.07) is -0.0145. The van der Waals surface area contributed by atoms with Crippen LogP contribution < -0.4 is 10.6 Å². The Kier molecular flexibility index (Phi) is 2.75. The fraction of sp³-hybridized carbons (Fsp3) is 0.500. The summed E-state index contributed by atoms with van der Waals surface area (Å²) in [5.41, 5.74) is 1.65. The van der Waals surface area contributed by atoms with E-state index in [1.165, 1.54) is 0 Å². The van der Waals surface area contributed by atoms with Crippen LogP contribution in [0.4, 0.5) is 0 Å². The molecule has 0 aromatic heterocycles. The first-order valence-corrected chi connectivity index (χ1v) is 7.00. The van der Waals surface area contributed by atoms with Crippen LogP contribution in [0, 0.1) is 5.41 Å². The Balaban J connectivity index is 2.06. The van der Waals surface area contributed by atoms with Gasteiger partial charge in [0, 0.05) is 23.5 Å². The molecule has 0 aliphatic carbocycles. The van der Waals surface area contributed by atoms with Crippen LogP contribution in [0.25, 0.3) is 0 Å². The molecular weight excluding hydrogens is 226 g/mol. The van der Waals surface area contributed by atoms with Crippen molar-refractivity contribution in [1.29, 1.82) is 5.41 Å². The first kappa shape index (κ1) is 11.2. The van der Waals surface area contributed by atoms with E-state index in [2.05, 4.69) is 10.6 Å². The number of nitrogens with one attached hydrogen (secondary N) is 3. The first-order chi connectivity index (χ1) is 7.48. The van der Waals surface area contributed by atoms with Gasteiger partial charge < -0.3 is 10.6 Å². The van der Waals surface area contributed by atoms with Crippen LogP contribution in [0.3, 0.4) is 0 Å². The van der Waals surface area contributed by atoms with E-state index in [9.17, 15) is 8.42 Å². The molecule has 16 heavy (non-hydrogen) atoms. The van der Waals surface area contributed by atoms with Crippen molar-refractivity contribution >= 4 is 15.7 Å². The molecule has 0 spiro atoms. The van der Waals surface area contributed by atoms with Gasteiger partial charge >= 0.3 is 0 Å². The Bertz CT molecular complexity index is 476. The SMILES string of the molecule is C/C(NC1CCS(=O)(=O)C1)=C1/C=CNC1=N. The van der Waals surface area contributed by atoms with E-state index in [1.807, 2.05) is 13.0 Å². The Morgan fingerprint density at radius 2 is 2.38 bits per heavy atom. The van der Waals surface area contributed by atoms with Crippen LogP contribution in [0.2, 0.25) is 0 Å². The molecule has 3 N–H and O–H groups in total. The molecule has 5 nitrogen and oxygen atoms in total. The average molecular weight is 241 g/mol. The van der Waals surface area contributed by atoms with Crippen LogP contribution >= 0.6 is 0 Å². The fourth-order valence-corrected chi connectivity index (χ4v) is 3.65. The van der Waals surface area contributed by atoms with Crippen LogP contribution in [0.5, 0.6) is 0 Å². The summed E-state index contributed by atoms with van der Waals surface area (Å²) < 4.78 is 22.6. The zero-order valence-electron chi connectivity index (χ0n) is 9.08. The van der Waals surface area contributed by atoms with E-state index >= 15 is 0 Å². The number of rotatable bonds is 2. The number of amidine groups is 1. The molecule has 1 unspecified atom stereocenters. The van der Waals surface area contributed by atoms with Crippen molar-refractivity contribution in [3.8, 4) is 0 Å². The summed E-state index contributed by atoms with van der Waals surface area (Å²) in [7, 11) is -2.85. The predicted molar refractivity (Wildman–Crippen MR) is 62.9 cm³/mol. The lowest BCUT2D eigenvalue weighted by Gasteiger charge is -2.14. The van der Waals surface area contributed by atoms with Crippen LogP contribution in [-0.2, 0) is 9.84 Å². The zero-order valence-corrected chi connectivity index (χ0v) is 9.89. The summed E-state index contributed by atoms with van der Waals surface area (Å²) in [4.78, 5) is 0. The van der Waals surface area contributed by atoms with E-state index in [4.69, 9.17) is 5.41 Å². The minimum absolute atomic E-state index is 0.0145. The van der Waals surface area contributed by atoms with Gasteiger partial charge in [0.05, 0.1) is 11.5 Å². The predicted octanol–water partition coefficient (Wildman–Crippen LogP) is 0.131. The van der Waals surface area contributed by atoms with Gasteiger partial charge in [-0.25, -0.2) is 8.42 Å². The molecule has 1 atom stereocenters. The highest BCUT2D eigenvalue weighted by Crippen LogP contribution is 2.15. The molecule has 0 bridgehead atoms. The summed E-state index contributed by atoms with van der Waals surface area (Å²) >= 11 is 0. The van der Waals surface area contributed by atoms with Gasteiger partial charge in [-0.3, -0.25) is 5.41 Å². The molecule has 1 saturated heterocycles. The van der Waals surface area contributed by atoms with E-state index in [1.54, 1.807) is 6.20 Å². The molecule has 2 rings (SSSR count). The van der Waals surface area contributed by atoms with Crippen molar-refractivity contribution in [3.63, 3.8) is 0 Å². The molecule has 0 saturated carbocycles. The van der Waals surface area contributed by atoms with Crippen molar-refractivity contribution in [2.45, 2.75) is 19.4 Å². The number of hydrogen-bond acceptors (Lipinski definition) is 4. The van der Waals surface area contributed by atoms with Crippen LogP contribution in [0.1, 0.15) is 13.3 Å². The highest BCUT2D eigenvalue weighted by Gasteiger charge is 2.28. The number of hydrogen-bond donors (Lipinski definition) is 3. The molecule has 6 heteroatoms. The van der Waals surface area contributed by atoms with Crippen molar-refractivity contribution in [3.05, 3.63) is 23.5 Å². The van der Waals surface area contributed by atoms with Gasteiger partial charge in [-0.15, -0.1) is 0 Å². The average Bonchev–Trinajstić information content (AvgIpc) is 2.72. The van der Waals surface area contributed by atoms with Gasteiger partial charge in [0.15, 0.2) is 9.84 Å². The first-order valence-electron chi connectivity index (χ1n) is 5.18. The number of allylic oxidation sites excluding steroid dienone is 1. The smallest absolute Gasteiger partial charge is 0.152 e. The molecule has 88 valence electrons. The maximum absolute atomic E-state index is 11.3. The van der Waals surface area contributed by atoms with E-state index < -0.39 is 9.84 Å². The monoisotopic (exact) mass is 241 g/mol. The van der Waals surface area contributed by atoms with Gasteiger partial charge in [-0.2, -0.15) is 0 Å². The molecule has 2 heterocycles. The second-order valence-electron chi connectivity index (χ2n) is 4.14. The maximum Gasteiger partial charge on any atom is 0.152 e. The molecule has 2 aliphatic heterocycles. The van der Waals surface area contributed by atoms with Gasteiger partial charge in [0.2, 0.25) is 0 Å². The molecule has 0 aromatic rings. The second kappa shape index (κ2) is 3.93. The topological polar surface area (TPSA) is 82.1 Å². The fourth-order valence-electron chi connectivity index (χ4n) is 1.97. The molecular formula is C10H15N3O2S. The molecule has 0 aromatic carbocycles. The van der Waals surface area contributed by atoms with Gasteiger partial charge in [-0.1, -0.05) is 0 Å². The third kappa shape index (κ3) is 2.27. The Morgan fingerprint density at radius 3 is 2.88 bits per heavy atom. The summed E-state index contributed by atoms with van der Waals surface area (Å²) in [5, 5.41) is 13.6. The largest absolute Gasteiger partial charge is 0.384 e. The van der Waals surface area contributed by atoms with Crippen molar-refractivity contribution in [1.82, 2.24) is 10.6 Å². The van der Waals surface area contributed by atoms with Gasteiger partial charge in [0.1, 0.15) is 5.84 Å². The Morgan fingerprint density at radius 1 is 1.62 bits per heavy atom. The van der Waals surface area contributed by atoms with Crippen LogP contribution in [-0.4, -0.2) is 31.8 Å². The third-order valence-electron chi connectivity index (χ3n) is 2.80. The highest BCUT2D eigenvalue weighted by atomic mass is 32.2. The van der Waals surface area contributed by atoms with Crippen molar-refractivity contribution < 1.29 is 8.42 Å². The van der Waals surface area contributed by atoms with E-state index in [-0.39, 0.29) is 17.5 Å². The number of sulfone groups is 1. The normalized spacial score (nSPS) is 30.3. The van der Waals surface area contributed by atoms with E-state index in [0.717, 1.165) is 11.3 Å². The van der Waals surface area contributed by atoms with Gasteiger partial charge in [-0.05, 0) is 19.4 Å². The third-order valence-corrected chi connectivity index (χ3v) is 4.57. The molecule has 1 fully saturated rings. The van der Waals surface area contributed by atoms with Gasteiger partial charge in [0.25, 0.3) is 0 Å². The second-order valence-corrected chi connectivity index (χ2v) is 6.36. The Hall–Kier alpha value is -1.30. The Labute approximate surface area is 95.0 Å². The summed E-state index contributed by atoms with van der Waals surface area (Å²) in [6.07, 6.45) is 4.17. The lowest BCUT2D eigenvalue weighted by atomic mass is 10.2. The molecule has 0 radical (unpaired) electrons. The van der Waals surface area contributed by atoms with E-state index in [0.29, 0.717) is 12.3 Å². The van der Waals surface area contributed by atoms with Crippen molar-refractivity contribution in [2.75, 3.05) is 11.5 Å². The lowest BCUT2D eigenvalue weighted by molar-refractivity contribution is 0.596. The van der Waals surface area contributed by atoms with Crippen molar-refractivity contribution in [2.24, 2.45) is 0 Å². The standard InChI is InChI=1S/C10H15N3O2S/c1-7(9-2-4-12-10(9)11)13-8-3-5-16(14,15)6-8/h2,4,8,13H,3,5-6H2,1H3,(H2,11,12)/b9-7+.